The summed E-state index contributed by atoms with van der Waals surface area (Å²) in [6.07, 6.45) is 5.81. The number of ether oxygens (including phenoxy) is 1. The Labute approximate surface area is 177 Å². The largest absolute Gasteiger partial charge is 0.495 e. The Hall–Kier alpha value is -1.76. The quantitative estimate of drug-likeness (QED) is 0.298. The van der Waals surface area contributed by atoms with E-state index in [1.54, 1.807) is 24.1 Å². The number of methoxy groups -OCH3 is 1. The van der Waals surface area contributed by atoms with E-state index in [1.165, 1.54) is 0 Å². The van der Waals surface area contributed by atoms with Crippen LogP contribution in [0.5, 0.6) is 5.75 Å². The molecule has 0 N–H and O–H groups in total. The summed E-state index contributed by atoms with van der Waals surface area (Å²) < 4.78 is 6.93. The topological polar surface area (TPSA) is 51.9 Å². The zero-order valence-electron chi connectivity index (χ0n) is 16.9. The molecule has 0 bridgehead atoms. The predicted molar refractivity (Wildman–Crippen MR) is 115 cm³/mol. The standard InChI is InChI=1S/C20H28Cl2N4O2/c1-5-9-26(10-6-2)11-12-28-24-20(15-13-23-25(3)14-15)16-7-8-17(27-4)19(22)18(16)21/h7-8,13-14H,5-6,9-12H2,1-4H3/b24-20+. The maximum atomic E-state index is 6.49. The molecule has 0 fully saturated rings. The van der Waals surface area contributed by atoms with Crippen molar-refractivity contribution in [2.45, 2.75) is 26.7 Å². The van der Waals surface area contributed by atoms with E-state index in [-0.39, 0.29) is 0 Å². The van der Waals surface area contributed by atoms with E-state index in [0.717, 1.165) is 38.0 Å². The van der Waals surface area contributed by atoms with Gasteiger partial charge in [0.05, 0.1) is 18.3 Å². The third-order valence-corrected chi connectivity index (χ3v) is 5.10. The van der Waals surface area contributed by atoms with E-state index in [0.29, 0.717) is 33.7 Å². The molecule has 0 amide bonds. The Kier molecular flexibility index (Phi) is 9.09. The maximum absolute atomic E-state index is 6.49. The third-order valence-electron chi connectivity index (χ3n) is 4.23. The number of oxime groups is 1. The highest BCUT2D eigenvalue weighted by atomic mass is 35.5. The van der Waals surface area contributed by atoms with Gasteiger partial charge in [-0.1, -0.05) is 42.2 Å². The number of aromatic nitrogens is 2. The van der Waals surface area contributed by atoms with Crippen molar-refractivity contribution in [3.63, 3.8) is 0 Å². The molecule has 154 valence electrons. The Morgan fingerprint density at radius 2 is 1.86 bits per heavy atom. The minimum absolute atomic E-state index is 0.343. The first kappa shape index (κ1) is 22.5. The molecule has 1 heterocycles. The van der Waals surface area contributed by atoms with Crippen LogP contribution in [0.15, 0.2) is 29.7 Å². The molecule has 0 aliphatic carbocycles. The van der Waals surface area contributed by atoms with Crippen molar-refractivity contribution in [1.82, 2.24) is 14.7 Å². The van der Waals surface area contributed by atoms with Gasteiger partial charge in [-0.3, -0.25) is 9.58 Å². The molecule has 0 aliphatic rings. The summed E-state index contributed by atoms with van der Waals surface area (Å²) in [5.74, 6) is 0.511. The Morgan fingerprint density at radius 3 is 2.43 bits per heavy atom. The molecule has 1 aromatic carbocycles. The van der Waals surface area contributed by atoms with Crippen LogP contribution < -0.4 is 4.74 Å². The van der Waals surface area contributed by atoms with Crippen molar-refractivity contribution in [3.05, 3.63) is 45.7 Å². The van der Waals surface area contributed by atoms with Gasteiger partial charge >= 0.3 is 0 Å². The maximum Gasteiger partial charge on any atom is 0.139 e. The Morgan fingerprint density at radius 1 is 1.14 bits per heavy atom. The normalized spacial score (nSPS) is 11.9. The van der Waals surface area contributed by atoms with Crippen LogP contribution in [0, 0.1) is 0 Å². The molecule has 0 radical (unpaired) electrons. The number of nitrogens with zero attached hydrogens (tertiary/aromatic N) is 4. The van der Waals surface area contributed by atoms with E-state index in [4.69, 9.17) is 32.8 Å². The van der Waals surface area contributed by atoms with Gasteiger partial charge in [0, 0.05) is 30.9 Å². The highest BCUT2D eigenvalue weighted by molar-refractivity contribution is 6.45. The summed E-state index contributed by atoms with van der Waals surface area (Å²) in [5.41, 5.74) is 2.05. The molecule has 1 aromatic heterocycles. The molecule has 8 heteroatoms. The van der Waals surface area contributed by atoms with E-state index in [9.17, 15) is 0 Å². The van der Waals surface area contributed by atoms with Crippen molar-refractivity contribution in [3.8, 4) is 5.75 Å². The van der Waals surface area contributed by atoms with Crippen LogP contribution in [-0.2, 0) is 11.9 Å². The summed E-state index contributed by atoms with van der Waals surface area (Å²) in [7, 11) is 3.40. The van der Waals surface area contributed by atoms with Crippen molar-refractivity contribution in [2.24, 2.45) is 12.2 Å². The van der Waals surface area contributed by atoms with Gasteiger partial charge in [-0.15, -0.1) is 0 Å². The second-order valence-corrected chi connectivity index (χ2v) is 7.22. The SMILES string of the molecule is CCCN(CCC)CCO/N=C(\c1cnn(C)c1)c1ccc(OC)c(Cl)c1Cl. The summed E-state index contributed by atoms with van der Waals surface area (Å²) in [4.78, 5) is 8.04. The van der Waals surface area contributed by atoms with Gasteiger partial charge < -0.3 is 9.57 Å². The molecule has 0 saturated carbocycles. The van der Waals surface area contributed by atoms with Gasteiger partial charge in [0.2, 0.25) is 0 Å². The number of hydrogen-bond donors (Lipinski definition) is 0. The smallest absolute Gasteiger partial charge is 0.139 e. The highest BCUT2D eigenvalue weighted by Gasteiger charge is 2.18. The van der Waals surface area contributed by atoms with Gasteiger partial charge in [-0.25, -0.2) is 0 Å². The number of rotatable bonds is 11. The van der Waals surface area contributed by atoms with Gasteiger partial charge in [0.15, 0.2) is 0 Å². The minimum Gasteiger partial charge on any atom is -0.495 e. The first-order chi connectivity index (χ1) is 13.5. The van der Waals surface area contributed by atoms with E-state index in [1.807, 2.05) is 19.3 Å². The summed E-state index contributed by atoms with van der Waals surface area (Å²) >= 11 is 12.8. The van der Waals surface area contributed by atoms with E-state index >= 15 is 0 Å². The zero-order chi connectivity index (χ0) is 20.5. The van der Waals surface area contributed by atoms with Crippen LogP contribution in [0.25, 0.3) is 0 Å². The Bertz CT molecular complexity index is 787. The molecule has 0 aliphatic heterocycles. The van der Waals surface area contributed by atoms with Crippen molar-refractivity contribution in [2.75, 3.05) is 33.4 Å². The van der Waals surface area contributed by atoms with Crippen molar-refractivity contribution in [1.29, 1.82) is 0 Å². The van der Waals surface area contributed by atoms with Crippen LogP contribution in [0.2, 0.25) is 10.0 Å². The molecule has 0 atom stereocenters. The van der Waals surface area contributed by atoms with Crippen LogP contribution in [0.1, 0.15) is 37.8 Å². The van der Waals surface area contributed by atoms with Gasteiger partial charge in [-0.2, -0.15) is 5.10 Å². The van der Waals surface area contributed by atoms with Crippen LogP contribution in [-0.4, -0.2) is 53.7 Å². The monoisotopic (exact) mass is 426 g/mol. The molecule has 2 aromatic rings. The number of benzene rings is 1. The molecule has 28 heavy (non-hydrogen) atoms. The highest BCUT2D eigenvalue weighted by Crippen LogP contribution is 2.35. The molecule has 0 saturated heterocycles. The molecule has 2 rings (SSSR count). The van der Waals surface area contributed by atoms with E-state index in [2.05, 4.69) is 29.0 Å². The molecule has 0 unspecified atom stereocenters. The second-order valence-electron chi connectivity index (χ2n) is 6.46. The lowest BCUT2D eigenvalue weighted by Gasteiger charge is -2.20. The molecule has 0 spiro atoms. The van der Waals surface area contributed by atoms with Gasteiger partial charge in [0.1, 0.15) is 23.1 Å². The molecular formula is C20H28Cl2N4O2. The fourth-order valence-corrected chi connectivity index (χ4v) is 3.41. The third kappa shape index (κ3) is 5.87. The van der Waals surface area contributed by atoms with Crippen LogP contribution >= 0.6 is 23.2 Å². The average Bonchev–Trinajstić information content (AvgIpc) is 3.11. The van der Waals surface area contributed by atoms with Gasteiger partial charge in [-0.05, 0) is 38.1 Å². The van der Waals surface area contributed by atoms with Crippen LogP contribution in [0.4, 0.5) is 0 Å². The molecule has 6 nitrogen and oxygen atoms in total. The fourth-order valence-electron chi connectivity index (χ4n) is 2.92. The zero-order valence-corrected chi connectivity index (χ0v) is 18.4. The summed E-state index contributed by atoms with van der Waals surface area (Å²) in [6.45, 7) is 7.77. The first-order valence-electron chi connectivity index (χ1n) is 9.45. The lowest BCUT2D eigenvalue weighted by molar-refractivity contribution is 0.110. The fraction of sp³-hybridized carbons (Fsp3) is 0.500. The lowest BCUT2D eigenvalue weighted by atomic mass is 10.1. The average molecular weight is 427 g/mol. The number of hydrogen-bond acceptors (Lipinski definition) is 5. The van der Waals surface area contributed by atoms with Crippen LogP contribution in [0.3, 0.4) is 0 Å². The Balaban J connectivity index is 2.24. The lowest BCUT2D eigenvalue weighted by Crippen LogP contribution is -2.29. The van der Waals surface area contributed by atoms with E-state index < -0.39 is 0 Å². The molecular weight excluding hydrogens is 399 g/mol. The predicted octanol–water partition coefficient (Wildman–Crippen LogP) is 4.63. The summed E-state index contributed by atoms with van der Waals surface area (Å²) in [5, 5.41) is 9.31. The summed E-state index contributed by atoms with van der Waals surface area (Å²) in [6, 6.07) is 3.59. The number of halogens is 2. The first-order valence-corrected chi connectivity index (χ1v) is 10.2. The minimum atomic E-state index is 0.343. The second kappa shape index (κ2) is 11.3. The number of aryl methyl sites for hydroxylation is 1. The van der Waals surface area contributed by atoms with Crippen molar-refractivity contribution < 1.29 is 9.57 Å². The van der Waals surface area contributed by atoms with Gasteiger partial charge in [0.25, 0.3) is 0 Å². The van der Waals surface area contributed by atoms with Crippen molar-refractivity contribution >= 4 is 28.9 Å².